The molecule has 1 saturated carbocycles. The van der Waals surface area contributed by atoms with Crippen molar-refractivity contribution >= 4 is 29.2 Å². The van der Waals surface area contributed by atoms with Crippen LogP contribution in [0, 0.1) is 0 Å². The molecule has 1 heterocycles. The zero-order valence-corrected chi connectivity index (χ0v) is 15.9. The maximum absolute atomic E-state index is 12.7. The van der Waals surface area contributed by atoms with Gasteiger partial charge in [0.2, 0.25) is 5.91 Å². The first kappa shape index (κ1) is 19.6. The van der Waals surface area contributed by atoms with Gasteiger partial charge in [0, 0.05) is 18.3 Å². The van der Waals surface area contributed by atoms with Crippen LogP contribution in [0.3, 0.4) is 0 Å². The molecule has 8 heteroatoms. The summed E-state index contributed by atoms with van der Waals surface area (Å²) in [5.41, 5.74) is 5.07. The maximum Gasteiger partial charge on any atom is 0.330 e. The number of rotatable bonds is 8. The molecular weight excluding hydrogens is 340 g/mol. The molecule has 0 saturated heterocycles. The number of nitrogen functional groups attached to an aromatic ring is 1. The molecule has 1 aliphatic carbocycles. The molecule has 0 unspecified atom stereocenters. The number of aromatic amines is 1. The fourth-order valence-corrected chi connectivity index (χ4v) is 4.36. The number of nitrogens with two attached hydrogens (primary N) is 1. The number of amides is 1. The molecular formula is C17H28N4O3S. The van der Waals surface area contributed by atoms with E-state index in [0.29, 0.717) is 24.1 Å². The minimum atomic E-state index is -0.601. The fourth-order valence-electron chi connectivity index (χ4n) is 3.16. The summed E-state index contributed by atoms with van der Waals surface area (Å²) in [6.07, 6.45) is 6.40. The van der Waals surface area contributed by atoms with Crippen molar-refractivity contribution in [2.24, 2.45) is 0 Å². The molecule has 1 amide bonds. The number of carbonyl (C=O) groups excluding carboxylic acids is 1. The third kappa shape index (κ3) is 4.68. The van der Waals surface area contributed by atoms with Gasteiger partial charge in [-0.25, -0.2) is 4.79 Å². The molecule has 1 aromatic rings. The molecule has 25 heavy (non-hydrogen) atoms. The molecule has 1 fully saturated rings. The second-order valence-corrected chi connectivity index (χ2v) is 7.64. The first-order valence-electron chi connectivity index (χ1n) is 9.04. The van der Waals surface area contributed by atoms with E-state index in [2.05, 4.69) is 4.98 Å². The molecule has 0 aliphatic heterocycles. The average molecular weight is 369 g/mol. The van der Waals surface area contributed by atoms with Crippen molar-refractivity contribution in [3.63, 3.8) is 0 Å². The number of unbranched alkanes of at least 4 members (excludes halogenated alkanes) is 1. The van der Waals surface area contributed by atoms with Gasteiger partial charge in [0.1, 0.15) is 5.82 Å². The first-order chi connectivity index (χ1) is 12.0. The Morgan fingerprint density at radius 3 is 2.60 bits per heavy atom. The number of nitrogens with zero attached hydrogens (tertiary/aromatic N) is 2. The van der Waals surface area contributed by atoms with Crippen LogP contribution in [0.25, 0.3) is 0 Å². The van der Waals surface area contributed by atoms with Crippen LogP contribution < -0.4 is 21.9 Å². The predicted molar refractivity (Wildman–Crippen MR) is 103 cm³/mol. The normalized spacial score (nSPS) is 14.8. The fraction of sp³-hybridized carbons (Fsp3) is 0.706. The molecule has 0 atom stereocenters. The van der Waals surface area contributed by atoms with Crippen LogP contribution in [0.5, 0.6) is 0 Å². The molecule has 2 rings (SSSR count). The summed E-state index contributed by atoms with van der Waals surface area (Å²) >= 11 is 1.65. The summed E-state index contributed by atoms with van der Waals surface area (Å²) in [5, 5.41) is 0.525. The lowest BCUT2D eigenvalue weighted by molar-refractivity contribution is -0.116. The van der Waals surface area contributed by atoms with Gasteiger partial charge in [-0.3, -0.25) is 19.1 Å². The van der Waals surface area contributed by atoms with Gasteiger partial charge >= 0.3 is 5.69 Å². The van der Waals surface area contributed by atoms with E-state index < -0.39 is 11.2 Å². The molecule has 7 nitrogen and oxygen atoms in total. The van der Waals surface area contributed by atoms with Gasteiger partial charge in [0.15, 0.2) is 5.69 Å². The van der Waals surface area contributed by atoms with Crippen molar-refractivity contribution < 1.29 is 4.79 Å². The average Bonchev–Trinajstić information content (AvgIpc) is 3.09. The zero-order chi connectivity index (χ0) is 18.4. The zero-order valence-electron chi connectivity index (χ0n) is 15.0. The quantitative estimate of drug-likeness (QED) is 0.730. The standard InChI is InChI=1S/C17H28N4O3S/c1-3-5-10-21-15(18)14(16(23)19-17(21)24)20(4-2)13(22)11-25-12-8-6-7-9-12/h12H,3-11,18H2,1-2H3,(H,19,23,24). The van der Waals surface area contributed by atoms with Crippen LogP contribution in [-0.4, -0.2) is 33.0 Å². The van der Waals surface area contributed by atoms with Crippen LogP contribution >= 0.6 is 11.8 Å². The SMILES string of the molecule is CCCCn1c(N)c(N(CC)C(=O)CSC2CCCC2)c(=O)[nH]c1=O. The number of aromatic nitrogens is 2. The van der Waals surface area contributed by atoms with Crippen LogP contribution in [0.15, 0.2) is 9.59 Å². The largest absolute Gasteiger partial charge is 0.383 e. The highest BCUT2D eigenvalue weighted by Gasteiger charge is 2.24. The predicted octanol–water partition coefficient (Wildman–Crippen LogP) is 1.95. The number of anilines is 2. The summed E-state index contributed by atoms with van der Waals surface area (Å²) in [6, 6.07) is 0. The minimum absolute atomic E-state index is 0.0725. The molecule has 3 N–H and O–H groups in total. The van der Waals surface area contributed by atoms with E-state index in [1.165, 1.54) is 22.3 Å². The summed E-state index contributed by atoms with van der Waals surface area (Å²) < 4.78 is 1.35. The van der Waals surface area contributed by atoms with Crippen LogP contribution in [0.4, 0.5) is 11.5 Å². The van der Waals surface area contributed by atoms with Gasteiger partial charge in [-0.15, -0.1) is 11.8 Å². The Hall–Kier alpha value is -1.70. The molecule has 1 aromatic heterocycles. The highest BCUT2D eigenvalue weighted by Crippen LogP contribution is 2.30. The van der Waals surface area contributed by atoms with Crippen molar-refractivity contribution in [3.05, 3.63) is 20.8 Å². The van der Waals surface area contributed by atoms with E-state index >= 15 is 0 Å². The topological polar surface area (TPSA) is 101 Å². The second-order valence-electron chi connectivity index (χ2n) is 6.35. The Labute approximate surface area is 152 Å². The first-order valence-corrected chi connectivity index (χ1v) is 10.1. The lowest BCUT2D eigenvalue weighted by atomic mass is 10.3. The summed E-state index contributed by atoms with van der Waals surface area (Å²) in [5.74, 6) is 0.256. The maximum atomic E-state index is 12.7. The number of hydrogen-bond acceptors (Lipinski definition) is 5. The number of thioether (sulfide) groups is 1. The Kier molecular flexibility index (Phi) is 7.16. The number of hydrogen-bond donors (Lipinski definition) is 2. The Morgan fingerprint density at radius 2 is 2.00 bits per heavy atom. The minimum Gasteiger partial charge on any atom is -0.383 e. The van der Waals surface area contributed by atoms with Crippen molar-refractivity contribution in [2.75, 3.05) is 22.9 Å². The highest BCUT2D eigenvalue weighted by molar-refractivity contribution is 8.00. The van der Waals surface area contributed by atoms with Gasteiger partial charge in [-0.05, 0) is 26.2 Å². The van der Waals surface area contributed by atoms with Crippen LogP contribution in [-0.2, 0) is 11.3 Å². The molecule has 140 valence electrons. The number of nitrogens with one attached hydrogen (secondary N) is 1. The van der Waals surface area contributed by atoms with E-state index in [-0.39, 0.29) is 17.4 Å². The molecule has 0 aromatic carbocycles. The highest BCUT2D eigenvalue weighted by atomic mass is 32.2. The third-order valence-electron chi connectivity index (χ3n) is 4.58. The lowest BCUT2D eigenvalue weighted by Crippen LogP contribution is -2.42. The Balaban J connectivity index is 2.24. The van der Waals surface area contributed by atoms with E-state index in [4.69, 9.17) is 5.73 Å². The molecule has 0 bridgehead atoms. The summed E-state index contributed by atoms with van der Waals surface area (Å²) in [7, 11) is 0. The Bertz CT molecular complexity index is 707. The van der Waals surface area contributed by atoms with E-state index in [9.17, 15) is 14.4 Å². The molecule has 0 radical (unpaired) electrons. The molecule has 1 aliphatic rings. The number of H-pyrrole nitrogens is 1. The van der Waals surface area contributed by atoms with Crippen molar-refractivity contribution in [3.8, 4) is 0 Å². The van der Waals surface area contributed by atoms with E-state index in [1.807, 2.05) is 6.92 Å². The lowest BCUT2D eigenvalue weighted by Gasteiger charge is -2.23. The third-order valence-corrected chi connectivity index (χ3v) is 5.94. The monoisotopic (exact) mass is 368 g/mol. The van der Waals surface area contributed by atoms with Gasteiger partial charge in [0.25, 0.3) is 5.56 Å². The van der Waals surface area contributed by atoms with Gasteiger partial charge in [-0.1, -0.05) is 26.2 Å². The summed E-state index contributed by atoms with van der Waals surface area (Å²) in [6.45, 7) is 4.57. The van der Waals surface area contributed by atoms with Crippen molar-refractivity contribution in [1.82, 2.24) is 9.55 Å². The number of carbonyl (C=O) groups is 1. The van der Waals surface area contributed by atoms with Gasteiger partial charge in [0.05, 0.1) is 5.75 Å². The van der Waals surface area contributed by atoms with Gasteiger partial charge < -0.3 is 10.6 Å². The van der Waals surface area contributed by atoms with Crippen molar-refractivity contribution in [2.45, 2.75) is 64.2 Å². The van der Waals surface area contributed by atoms with Crippen molar-refractivity contribution in [1.29, 1.82) is 0 Å². The smallest absolute Gasteiger partial charge is 0.330 e. The van der Waals surface area contributed by atoms with Crippen LogP contribution in [0.1, 0.15) is 52.4 Å². The van der Waals surface area contributed by atoms with E-state index in [1.54, 1.807) is 18.7 Å². The van der Waals surface area contributed by atoms with Crippen LogP contribution in [0.2, 0.25) is 0 Å². The Morgan fingerprint density at radius 1 is 1.32 bits per heavy atom. The summed E-state index contributed by atoms with van der Waals surface area (Å²) in [4.78, 5) is 40.7. The molecule has 0 spiro atoms. The van der Waals surface area contributed by atoms with Gasteiger partial charge in [-0.2, -0.15) is 0 Å². The van der Waals surface area contributed by atoms with E-state index in [0.717, 1.165) is 25.7 Å². The second kappa shape index (κ2) is 9.12.